The number of piperidine rings is 1. The zero-order valence-electron chi connectivity index (χ0n) is 23.6. The normalized spacial score (nSPS) is 41.6. The molecule has 5 rings (SSSR count). The Kier molecular flexibility index (Phi) is 8.32. The molecule has 1 spiro atoms. The van der Waals surface area contributed by atoms with Crippen molar-refractivity contribution in [3.05, 3.63) is 0 Å². The lowest BCUT2D eigenvalue weighted by Crippen LogP contribution is -2.66. The summed E-state index contributed by atoms with van der Waals surface area (Å²) in [6.45, 7) is 9.35. The van der Waals surface area contributed by atoms with Crippen LogP contribution in [-0.2, 0) is 14.2 Å². The maximum atomic E-state index is 12.7. The molecule has 7 nitrogen and oxygen atoms in total. The molecular formula is C29H48F2N2O5. The van der Waals surface area contributed by atoms with Gasteiger partial charge in [-0.3, -0.25) is 4.90 Å². The predicted molar refractivity (Wildman–Crippen MR) is 139 cm³/mol. The molecule has 4 saturated heterocycles. The molecule has 4 aliphatic heterocycles. The highest BCUT2D eigenvalue weighted by molar-refractivity contribution is 5.67. The molecule has 8 atom stereocenters. The first kappa shape index (κ1) is 28.5. The van der Waals surface area contributed by atoms with Crippen molar-refractivity contribution in [1.82, 2.24) is 9.80 Å². The lowest BCUT2D eigenvalue weighted by Gasteiger charge is -2.55. The number of carbonyl (C=O) groups is 1. The van der Waals surface area contributed by atoms with Crippen molar-refractivity contribution in [2.75, 3.05) is 39.9 Å². The van der Waals surface area contributed by atoms with Gasteiger partial charge in [-0.1, -0.05) is 13.8 Å². The van der Waals surface area contributed by atoms with E-state index in [-0.39, 0.29) is 47.8 Å². The zero-order chi connectivity index (χ0) is 27.2. The molecule has 0 aromatic heterocycles. The van der Waals surface area contributed by atoms with E-state index < -0.39 is 12.5 Å². The molecule has 1 saturated carbocycles. The quantitative estimate of drug-likeness (QED) is 0.365. The number of halogens is 2. The second-order valence-corrected chi connectivity index (χ2v) is 13.4. The monoisotopic (exact) mass is 542 g/mol. The summed E-state index contributed by atoms with van der Waals surface area (Å²) in [5.41, 5.74) is -0.484. The number of hydrogen-bond acceptors (Lipinski definition) is 5. The Morgan fingerprint density at radius 1 is 1.16 bits per heavy atom. The van der Waals surface area contributed by atoms with Crippen LogP contribution in [0.15, 0.2) is 0 Å². The molecule has 0 aromatic rings. The van der Waals surface area contributed by atoms with E-state index in [1.807, 2.05) is 4.90 Å². The molecule has 5 fully saturated rings. The highest BCUT2D eigenvalue weighted by atomic mass is 19.3. The predicted octanol–water partition coefficient (Wildman–Crippen LogP) is 5.13. The summed E-state index contributed by atoms with van der Waals surface area (Å²) >= 11 is 0. The van der Waals surface area contributed by atoms with E-state index in [2.05, 4.69) is 20.8 Å². The minimum Gasteiger partial charge on any atom is -0.465 e. The molecule has 38 heavy (non-hydrogen) atoms. The molecule has 2 unspecified atom stereocenters. The summed E-state index contributed by atoms with van der Waals surface area (Å²) in [7, 11) is 1.77. The third kappa shape index (κ3) is 5.59. The number of carboxylic acid groups (broad SMARTS) is 1. The van der Waals surface area contributed by atoms with Gasteiger partial charge in [0, 0.05) is 31.5 Å². The Morgan fingerprint density at radius 2 is 1.87 bits per heavy atom. The number of nitrogens with zero attached hydrogens (tertiary/aromatic N) is 2. The third-order valence-corrected chi connectivity index (χ3v) is 10.6. The van der Waals surface area contributed by atoms with Gasteiger partial charge < -0.3 is 24.2 Å². The summed E-state index contributed by atoms with van der Waals surface area (Å²) in [6.07, 6.45) is 4.90. The number of rotatable bonds is 11. The van der Waals surface area contributed by atoms with Crippen LogP contribution < -0.4 is 0 Å². The number of amides is 1. The molecule has 9 heteroatoms. The Bertz CT molecular complexity index is 834. The van der Waals surface area contributed by atoms with Gasteiger partial charge in [0.05, 0.1) is 31.0 Å². The van der Waals surface area contributed by atoms with Gasteiger partial charge in [-0.25, -0.2) is 13.6 Å². The first-order chi connectivity index (χ1) is 18.1. The highest BCUT2D eigenvalue weighted by Gasteiger charge is 2.72. The Labute approximate surface area is 226 Å². The summed E-state index contributed by atoms with van der Waals surface area (Å²) in [6, 6.07) is -0.0496. The van der Waals surface area contributed by atoms with Gasteiger partial charge in [-0.2, -0.15) is 0 Å². The molecular weight excluding hydrogens is 494 g/mol. The van der Waals surface area contributed by atoms with Crippen molar-refractivity contribution in [1.29, 1.82) is 0 Å². The van der Waals surface area contributed by atoms with E-state index in [0.29, 0.717) is 24.3 Å². The van der Waals surface area contributed by atoms with Gasteiger partial charge in [-0.15, -0.1) is 0 Å². The Morgan fingerprint density at radius 3 is 2.45 bits per heavy atom. The molecule has 4 heterocycles. The first-order valence-corrected chi connectivity index (χ1v) is 14.9. The van der Waals surface area contributed by atoms with E-state index in [9.17, 15) is 18.7 Å². The number of hydrogen-bond donors (Lipinski definition) is 1. The second kappa shape index (κ2) is 11.1. The standard InChI is InChI=1S/C29H48F2N2O5/c1-18(2)5-8-22-28(3,38-22)26-25(36-4)21(9-12-29(26)17-37-29)24-20(15-33(24)27(34)35)7-6-19-10-13-32(14-11-19)16-23(30)31/h18-26H,5-17H2,1-4H3,(H,34,35)/t20?,21-,22-,24?,25+,26-,28+,29+/m1/s1. The fourth-order valence-electron chi connectivity index (χ4n) is 8.34. The van der Waals surface area contributed by atoms with Gasteiger partial charge in [0.2, 0.25) is 0 Å². The highest BCUT2D eigenvalue weighted by Crippen LogP contribution is 2.62. The topological polar surface area (TPSA) is 78.1 Å². The van der Waals surface area contributed by atoms with Crippen molar-refractivity contribution in [2.24, 2.45) is 29.6 Å². The average Bonchev–Trinajstić information content (AvgIpc) is 3.75. The second-order valence-electron chi connectivity index (χ2n) is 13.4. The molecule has 1 amide bonds. The smallest absolute Gasteiger partial charge is 0.407 e. The summed E-state index contributed by atoms with van der Waals surface area (Å²) in [5.74, 6) is 1.70. The van der Waals surface area contributed by atoms with Crippen molar-refractivity contribution in [3.8, 4) is 0 Å². The van der Waals surface area contributed by atoms with Gasteiger partial charge in [-0.05, 0) is 89.1 Å². The van der Waals surface area contributed by atoms with Crippen LogP contribution in [0.2, 0.25) is 0 Å². The minimum absolute atomic E-state index is 0.0496. The summed E-state index contributed by atoms with van der Waals surface area (Å²) in [4.78, 5) is 15.7. The van der Waals surface area contributed by atoms with Gasteiger partial charge in [0.1, 0.15) is 5.60 Å². The van der Waals surface area contributed by atoms with Crippen LogP contribution in [0.3, 0.4) is 0 Å². The first-order valence-electron chi connectivity index (χ1n) is 14.9. The van der Waals surface area contributed by atoms with Crippen molar-refractivity contribution in [2.45, 2.75) is 108 Å². The molecule has 0 aromatic carbocycles. The van der Waals surface area contributed by atoms with Crippen molar-refractivity contribution < 1.29 is 32.9 Å². The van der Waals surface area contributed by atoms with E-state index in [1.54, 1.807) is 12.0 Å². The maximum Gasteiger partial charge on any atom is 0.407 e. The van der Waals surface area contributed by atoms with E-state index >= 15 is 0 Å². The van der Waals surface area contributed by atoms with E-state index in [4.69, 9.17) is 14.2 Å². The largest absolute Gasteiger partial charge is 0.465 e. The Balaban J connectivity index is 1.24. The summed E-state index contributed by atoms with van der Waals surface area (Å²) in [5, 5.41) is 10.0. The molecule has 1 N–H and O–H groups in total. The van der Waals surface area contributed by atoms with E-state index in [1.165, 1.54) is 0 Å². The van der Waals surface area contributed by atoms with Crippen LogP contribution in [-0.4, -0.2) is 96.8 Å². The molecule has 1 aliphatic carbocycles. The van der Waals surface area contributed by atoms with E-state index in [0.717, 1.165) is 71.1 Å². The fourth-order valence-corrected chi connectivity index (χ4v) is 8.34. The minimum atomic E-state index is -2.27. The van der Waals surface area contributed by atoms with Crippen LogP contribution in [0.1, 0.15) is 72.1 Å². The average molecular weight is 543 g/mol. The fraction of sp³-hybridized carbons (Fsp3) is 0.966. The third-order valence-electron chi connectivity index (χ3n) is 10.6. The van der Waals surface area contributed by atoms with Crippen LogP contribution in [0.5, 0.6) is 0 Å². The van der Waals surface area contributed by atoms with Crippen LogP contribution >= 0.6 is 0 Å². The molecule has 0 radical (unpaired) electrons. The van der Waals surface area contributed by atoms with Gasteiger partial charge >= 0.3 is 6.09 Å². The molecule has 0 bridgehead atoms. The van der Waals surface area contributed by atoms with Crippen molar-refractivity contribution >= 4 is 6.09 Å². The lowest BCUT2D eigenvalue weighted by atomic mass is 9.60. The van der Waals surface area contributed by atoms with Crippen LogP contribution in [0.25, 0.3) is 0 Å². The van der Waals surface area contributed by atoms with Gasteiger partial charge in [0.15, 0.2) is 0 Å². The number of epoxide rings is 2. The molecule has 5 aliphatic rings. The van der Waals surface area contributed by atoms with Crippen molar-refractivity contribution in [3.63, 3.8) is 0 Å². The number of methoxy groups -OCH3 is 1. The summed E-state index contributed by atoms with van der Waals surface area (Å²) < 4.78 is 44.3. The number of ether oxygens (including phenoxy) is 3. The SMILES string of the molecule is CO[C@H]1[C@@H](C2C(CCC3CCN(CC(F)F)CC3)CN2C(=O)O)CC[C@]2(CO2)[C@H]1[C@@]1(C)O[C@@H]1CCC(C)C. The lowest BCUT2D eigenvalue weighted by molar-refractivity contribution is -0.131. The van der Waals surface area contributed by atoms with Crippen LogP contribution in [0.4, 0.5) is 13.6 Å². The van der Waals surface area contributed by atoms with Crippen LogP contribution in [0, 0.1) is 29.6 Å². The molecule has 218 valence electrons. The number of alkyl halides is 2. The number of likely N-dealkylation sites (tertiary alicyclic amines) is 2. The zero-order valence-corrected chi connectivity index (χ0v) is 23.6. The van der Waals surface area contributed by atoms with Gasteiger partial charge in [0.25, 0.3) is 6.43 Å². The maximum absolute atomic E-state index is 12.7. The Hall–Kier alpha value is -1.03.